The molecule has 0 saturated carbocycles. The van der Waals surface area contributed by atoms with Crippen molar-refractivity contribution in [2.45, 2.75) is 6.42 Å². The molecule has 0 radical (unpaired) electrons. The summed E-state index contributed by atoms with van der Waals surface area (Å²) in [6.45, 7) is 5.70. The first kappa shape index (κ1) is 18.3. The molecule has 0 aliphatic carbocycles. The minimum absolute atomic E-state index is 0.211. The normalized spacial score (nSPS) is 14.8. The minimum Gasteiger partial charge on any atom is -0.352 e. The Balaban J connectivity index is 1.54. The number of piperazine rings is 1. The molecule has 1 aliphatic heterocycles. The van der Waals surface area contributed by atoms with Crippen LogP contribution in [-0.4, -0.2) is 55.1 Å². The summed E-state index contributed by atoms with van der Waals surface area (Å²) in [5.74, 6) is -0.255. The maximum absolute atomic E-state index is 13.8. The number of rotatable bonds is 7. The zero-order valence-corrected chi connectivity index (χ0v) is 14.7. The van der Waals surface area contributed by atoms with E-state index in [-0.39, 0.29) is 11.7 Å². The molecular weight excluding hydrogens is 333 g/mol. The zero-order chi connectivity index (χ0) is 18.2. The van der Waals surface area contributed by atoms with Crippen molar-refractivity contribution >= 4 is 17.4 Å². The van der Waals surface area contributed by atoms with E-state index in [1.807, 2.05) is 0 Å². The quantitative estimate of drug-likeness (QED) is 0.661. The maximum Gasteiger partial charge on any atom is 0.255 e. The fraction of sp³-hybridized carbons (Fsp3) is 0.368. The van der Waals surface area contributed by atoms with Gasteiger partial charge in [0, 0.05) is 38.9 Å². The Morgan fingerprint density at radius 1 is 1.19 bits per heavy atom. The third-order valence-corrected chi connectivity index (χ3v) is 4.33. The van der Waals surface area contributed by atoms with Gasteiger partial charge in [-0.15, -0.1) is 0 Å². The molecule has 7 heteroatoms. The number of nitrogens with zero attached hydrogens (tertiary/aromatic N) is 2. The van der Waals surface area contributed by atoms with Gasteiger partial charge in [-0.2, -0.15) is 0 Å². The van der Waals surface area contributed by atoms with E-state index in [1.54, 1.807) is 36.5 Å². The second kappa shape index (κ2) is 9.26. The summed E-state index contributed by atoms with van der Waals surface area (Å²) in [6.07, 6.45) is 2.46. The van der Waals surface area contributed by atoms with E-state index in [9.17, 15) is 9.18 Å². The number of aromatic nitrogens is 1. The van der Waals surface area contributed by atoms with Crippen LogP contribution in [0.5, 0.6) is 0 Å². The fourth-order valence-corrected chi connectivity index (χ4v) is 2.91. The molecule has 0 unspecified atom stereocenters. The van der Waals surface area contributed by atoms with Crippen LogP contribution in [0.4, 0.5) is 15.9 Å². The van der Waals surface area contributed by atoms with Crippen LogP contribution in [0.25, 0.3) is 0 Å². The summed E-state index contributed by atoms with van der Waals surface area (Å²) >= 11 is 0. The molecule has 1 amide bonds. The minimum atomic E-state index is -0.388. The highest BCUT2D eigenvalue weighted by Crippen LogP contribution is 2.20. The molecule has 1 aromatic carbocycles. The van der Waals surface area contributed by atoms with Gasteiger partial charge in [0.25, 0.3) is 5.91 Å². The van der Waals surface area contributed by atoms with Crippen LogP contribution in [0.3, 0.4) is 0 Å². The molecule has 1 aromatic heterocycles. The summed E-state index contributed by atoms with van der Waals surface area (Å²) in [5, 5.41) is 9.15. The van der Waals surface area contributed by atoms with E-state index in [0.29, 0.717) is 23.6 Å². The Morgan fingerprint density at radius 3 is 2.81 bits per heavy atom. The van der Waals surface area contributed by atoms with E-state index in [2.05, 4.69) is 25.8 Å². The van der Waals surface area contributed by atoms with Crippen LogP contribution in [0.15, 0.2) is 42.6 Å². The number of anilines is 2. The Bertz CT molecular complexity index is 733. The van der Waals surface area contributed by atoms with Gasteiger partial charge >= 0.3 is 0 Å². The predicted molar refractivity (Wildman–Crippen MR) is 100 cm³/mol. The molecule has 0 spiro atoms. The van der Waals surface area contributed by atoms with Gasteiger partial charge in [0.05, 0.1) is 11.3 Å². The topological polar surface area (TPSA) is 69.3 Å². The van der Waals surface area contributed by atoms with E-state index in [4.69, 9.17) is 0 Å². The van der Waals surface area contributed by atoms with Crippen LogP contribution in [0, 0.1) is 5.82 Å². The molecule has 1 fully saturated rings. The summed E-state index contributed by atoms with van der Waals surface area (Å²) in [6, 6.07) is 9.69. The molecule has 26 heavy (non-hydrogen) atoms. The first-order valence-electron chi connectivity index (χ1n) is 8.92. The molecule has 1 saturated heterocycles. The summed E-state index contributed by atoms with van der Waals surface area (Å²) in [4.78, 5) is 19.1. The van der Waals surface area contributed by atoms with E-state index < -0.39 is 0 Å². The zero-order valence-electron chi connectivity index (χ0n) is 14.7. The third kappa shape index (κ3) is 5.00. The second-order valence-corrected chi connectivity index (χ2v) is 6.21. The Morgan fingerprint density at radius 2 is 2.00 bits per heavy atom. The van der Waals surface area contributed by atoms with Crippen molar-refractivity contribution in [3.05, 3.63) is 54.0 Å². The molecule has 3 rings (SSSR count). The SMILES string of the molecule is O=C(NCCCN1CCNCC1)c1cccnc1Nc1ccccc1F. The molecular formula is C19H24FN5O. The van der Waals surface area contributed by atoms with Gasteiger partial charge < -0.3 is 20.9 Å². The van der Waals surface area contributed by atoms with Gasteiger partial charge in [-0.05, 0) is 37.2 Å². The monoisotopic (exact) mass is 357 g/mol. The average Bonchev–Trinajstić information content (AvgIpc) is 2.68. The van der Waals surface area contributed by atoms with Crippen LogP contribution in [0.1, 0.15) is 16.8 Å². The lowest BCUT2D eigenvalue weighted by molar-refractivity contribution is 0.0952. The van der Waals surface area contributed by atoms with Gasteiger partial charge in [0.2, 0.25) is 0 Å². The highest BCUT2D eigenvalue weighted by atomic mass is 19.1. The van der Waals surface area contributed by atoms with Crippen molar-refractivity contribution in [1.29, 1.82) is 0 Å². The Hall–Kier alpha value is -2.51. The van der Waals surface area contributed by atoms with Crippen molar-refractivity contribution in [2.24, 2.45) is 0 Å². The highest BCUT2D eigenvalue weighted by Gasteiger charge is 2.14. The van der Waals surface area contributed by atoms with Gasteiger partial charge in [-0.1, -0.05) is 12.1 Å². The van der Waals surface area contributed by atoms with Crippen LogP contribution >= 0.6 is 0 Å². The van der Waals surface area contributed by atoms with Gasteiger partial charge in [-0.25, -0.2) is 9.37 Å². The number of amides is 1. The van der Waals surface area contributed by atoms with Crippen molar-refractivity contribution in [2.75, 3.05) is 44.6 Å². The van der Waals surface area contributed by atoms with Gasteiger partial charge in [0.1, 0.15) is 11.6 Å². The largest absolute Gasteiger partial charge is 0.352 e. The number of para-hydroxylation sites is 1. The van der Waals surface area contributed by atoms with E-state index in [0.717, 1.165) is 39.1 Å². The molecule has 138 valence electrons. The molecule has 6 nitrogen and oxygen atoms in total. The van der Waals surface area contributed by atoms with Crippen molar-refractivity contribution < 1.29 is 9.18 Å². The summed E-state index contributed by atoms with van der Waals surface area (Å²) in [7, 11) is 0. The number of pyridine rings is 1. The number of hydrogen-bond donors (Lipinski definition) is 3. The molecule has 0 atom stereocenters. The Kier molecular flexibility index (Phi) is 6.51. The molecule has 2 heterocycles. The molecule has 1 aliphatic rings. The van der Waals surface area contributed by atoms with Crippen LogP contribution < -0.4 is 16.0 Å². The highest BCUT2D eigenvalue weighted by molar-refractivity contribution is 5.99. The smallest absolute Gasteiger partial charge is 0.255 e. The number of nitrogens with one attached hydrogen (secondary N) is 3. The standard InChI is InChI=1S/C19H24FN5O/c20-16-6-1-2-7-17(16)24-18-15(5-3-8-22-18)19(26)23-9-4-12-25-13-10-21-11-14-25/h1-3,5-8,21H,4,9-14H2,(H,22,24)(H,23,26). The average molecular weight is 357 g/mol. The first-order valence-corrected chi connectivity index (χ1v) is 8.92. The molecule has 2 aromatic rings. The predicted octanol–water partition coefficient (Wildman–Crippen LogP) is 1.99. The number of halogens is 1. The van der Waals surface area contributed by atoms with Crippen LogP contribution in [0.2, 0.25) is 0 Å². The molecule has 3 N–H and O–H groups in total. The van der Waals surface area contributed by atoms with Gasteiger partial charge in [-0.3, -0.25) is 4.79 Å². The Labute approximate surface area is 152 Å². The third-order valence-electron chi connectivity index (χ3n) is 4.33. The van der Waals surface area contributed by atoms with E-state index >= 15 is 0 Å². The van der Waals surface area contributed by atoms with E-state index in [1.165, 1.54) is 6.07 Å². The second-order valence-electron chi connectivity index (χ2n) is 6.21. The number of benzene rings is 1. The number of carbonyl (C=O) groups excluding carboxylic acids is 1. The number of hydrogen-bond acceptors (Lipinski definition) is 5. The van der Waals surface area contributed by atoms with Gasteiger partial charge in [0.15, 0.2) is 0 Å². The lowest BCUT2D eigenvalue weighted by Crippen LogP contribution is -2.44. The maximum atomic E-state index is 13.8. The van der Waals surface area contributed by atoms with Crippen molar-refractivity contribution in [1.82, 2.24) is 20.5 Å². The van der Waals surface area contributed by atoms with Crippen molar-refractivity contribution in [3.8, 4) is 0 Å². The van der Waals surface area contributed by atoms with Crippen LogP contribution in [-0.2, 0) is 0 Å². The lowest BCUT2D eigenvalue weighted by atomic mass is 10.2. The van der Waals surface area contributed by atoms with Crippen molar-refractivity contribution in [3.63, 3.8) is 0 Å². The first-order chi connectivity index (χ1) is 12.7. The molecule has 0 bridgehead atoms. The summed E-state index contributed by atoms with van der Waals surface area (Å²) in [5.41, 5.74) is 0.692. The lowest BCUT2D eigenvalue weighted by Gasteiger charge is -2.27. The number of carbonyl (C=O) groups is 1. The summed E-state index contributed by atoms with van der Waals surface area (Å²) < 4.78 is 13.8. The fourth-order valence-electron chi connectivity index (χ4n) is 2.91.